The zero-order chi connectivity index (χ0) is 13.0. The van der Waals surface area contributed by atoms with Crippen LogP contribution in [0.1, 0.15) is 17.0 Å². The van der Waals surface area contributed by atoms with Gasteiger partial charge in [-0.25, -0.2) is 0 Å². The molecule has 2 aromatic rings. The van der Waals surface area contributed by atoms with Crippen molar-refractivity contribution in [2.24, 2.45) is 0 Å². The first-order chi connectivity index (χ1) is 8.72. The van der Waals surface area contributed by atoms with Crippen LogP contribution in [0.15, 0.2) is 39.5 Å². The van der Waals surface area contributed by atoms with Crippen molar-refractivity contribution in [1.82, 2.24) is 5.32 Å². The summed E-state index contributed by atoms with van der Waals surface area (Å²) in [5.41, 5.74) is 0.140. The van der Waals surface area contributed by atoms with E-state index in [9.17, 15) is 9.59 Å². The summed E-state index contributed by atoms with van der Waals surface area (Å²) in [7, 11) is 0. The van der Waals surface area contributed by atoms with Crippen molar-refractivity contribution in [3.8, 4) is 0 Å². The van der Waals surface area contributed by atoms with Crippen molar-refractivity contribution in [3.63, 3.8) is 0 Å². The average molecular weight is 247 g/mol. The van der Waals surface area contributed by atoms with E-state index in [0.29, 0.717) is 23.9 Å². The normalized spacial score (nSPS) is 10.5. The van der Waals surface area contributed by atoms with E-state index in [2.05, 4.69) is 5.32 Å². The second-order valence-corrected chi connectivity index (χ2v) is 3.80. The van der Waals surface area contributed by atoms with Gasteiger partial charge in [0, 0.05) is 19.2 Å². The summed E-state index contributed by atoms with van der Waals surface area (Å²) in [5, 5.41) is 11.6. The summed E-state index contributed by atoms with van der Waals surface area (Å²) >= 11 is 0. The smallest absolute Gasteiger partial charge is 0.287 e. The van der Waals surface area contributed by atoms with Crippen molar-refractivity contribution >= 4 is 16.9 Å². The molecular weight excluding hydrogens is 234 g/mol. The Balaban J connectivity index is 2.29. The van der Waals surface area contributed by atoms with Gasteiger partial charge in [0.2, 0.25) is 0 Å². The van der Waals surface area contributed by atoms with E-state index >= 15 is 0 Å². The zero-order valence-electron chi connectivity index (χ0n) is 9.68. The number of benzene rings is 1. The molecule has 0 spiro atoms. The number of para-hydroxylation sites is 1. The number of fused-ring (bicyclic) bond motifs is 1. The van der Waals surface area contributed by atoms with Gasteiger partial charge in [-0.2, -0.15) is 0 Å². The Morgan fingerprint density at radius 3 is 2.89 bits per heavy atom. The molecule has 0 radical (unpaired) electrons. The quantitative estimate of drug-likeness (QED) is 0.787. The van der Waals surface area contributed by atoms with Gasteiger partial charge in [-0.15, -0.1) is 0 Å². The molecule has 0 unspecified atom stereocenters. The Bertz CT molecular complexity index is 618. The lowest BCUT2D eigenvalue weighted by Gasteiger charge is -2.04. The molecule has 0 saturated carbocycles. The average Bonchev–Trinajstić information content (AvgIpc) is 2.39. The van der Waals surface area contributed by atoms with Crippen LogP contribution in [0, 0.1) is 0 Å². The second kappa shape index (κ2) is 5.46. The van der Waals surface area contributed by atoms with E-state index in [1.54, 1.807) is 24.3 Å². The minimum Gasteiger partial charge on any atom is -0.451 e. The SMILES string of the molecule is O=C(NCCCO)c1cc(=O)c2ccccc2o1. The third-order valence-electron chi connectivity index (χ3n) is 2.48. The molecule has 18 heavy (non-hydrogen) atoms. The Labute approximate surface area is 103 Å². The molecule has 5 nitrogen and oxygen atoms in total. The molecule has 5 heteroatoms. The van der Waals surface area contributed by atoms with Crippen LogP contribution in [0.3, 0.4) is 0 Å². The van der Waals surface area contributed by atoms with Crippen LogP contribution in [0.5, 0.6) is 0 Å². The van der Waals surface area contributed by atoms with Gasteiger partial charge >= 0.3 is 0 Å². The fourth-order valence-corrected chi connectivity index (χ4v) is 1.58. The molecule has 1 amide bonds. The molecule has 0 saturated heterocycles. The minimum atomic E-state index is -0.452. The molecule has 1 aromatic heterocycles. The van der Waals surface area contributed by atoms with Crippen molar-refractivity contribution in [2.45, 2.75) is 6.42 Å². The molecule has 0 aliphatic heterocycles. The first-order valence-corrected chi connectivity index (χ1v) is 5.64. The van der Waals surface area contributed by atoms with Crippen LogP contribution in [0.25, 0.3) is 11.0 Å². The number of rotatable bonds is 4. The minimum absolute atomic E-state index is 0.00193. The zero-order valence-corrected chi connectivity index (χ0v) is 9.68. The van der Waals surface area contributed by atoms with Crippen molar-refractivity contribution in [1.29, 1.82) is 0 Å². The highest BCUT2D eigenvalue weighted by atomic mass is 16.3. The largest absolute Gasteiger partial charge is 0.451 e. The number of aliphatic hydroxyl groups excluding tert-OH is 1. The molecule has 0 aliphatic rings. The van der Waals surface area contributed by atoms with E-state index in [-0.39, 0.29) is 17.8 Å². The van der Waals surface area contributed by atoms with Gasteiger partial charge in [-0.05, 0) is 18.6 Å². The molecule has 0 aliphatic carbocycles. The predicted molar refractivity (Wildman–Crippen MR) is 66.5 cm³/mol. The van der Waals surface area contributed by atoms with Gasteiger partial charge in [0.25, 0.3) is 5.91 Å². The van der Waals surface area contributed by atoms with Crippen LogP contribution >= 0.6 is 0 Å². The Morgan fingerprint density at radius 2 is 2.11 bits per heavy atom. The maximum atomic E-state index is 11.8. The lowest BCUT2D eigenvalue weighted by atomic mass is 10.2. The molecule has 1 heterocycles. The number of hydrogen-bond donors (Lipinski definition) is 2. The molecular formula is C13H13NO4. The molecule has 2 rings (SSSR count). The topological polar surface area (TPSA) is 79.5 Å². The Kier molecular flexibility index (Phi) is 3.74. The van der Waals surface area contributed by atoms with Gasteiger partial charge < -0.3 is 14.8 Å². The third-order valence-corrected chi connectivity index (χ3v) is 2.48. The first kappa shape index (κ1) is 12.3. The van der Waals surface area contributed by atoms with E-state index in [1.165, 1.54) is 6.07 Å². The van der Waals surface area contributed by atoms with Gasteiger partial charge in [-0.3, -0.25) is 9.59 Å². The number of hydrogen-bond acceptors (Lipinski definition) is 4. The summed E-state index contributed by atoms with van der Waals surface area (Å²) in [6.07, 6.45) is 0.462. The summed E-state index contributed by atoms with van der Waals surface area (Å²) < 4.78 is 5.36. The Hall–Kier alpha value is -2.14. The number of carbonyl (C=O) groups excluding carboxylic acids is 1. The van der Waals surface area contributed by atoms with E-state index in [0.717, 1.165) is 0 Å². The van der Waals surface area contributed by atoms with Crippen LogP contribution in [-0.2, 0) is 0 Å². The van der Waals surface area contributed by atoms with Crippen LogP contribution < -0.4 is 10.7 Å². The van der Waals surface area contributed by atoms with Crippen LogP contribution in [0.2, 0.25) is 0 Å². The fourth-order valence-electron chi connectivity index (χ4n) is 1.58. The molecule has 1 aromatic carbocycles. The lowest BCUT2D eigenvalue weighted by Crippen LogP contribution is -2.25. The number of nitrogens with one attached hydrogen (secondary N) is 1. The highest BCUT2D eigenvalue weighted by Crippen LogP contribution is 2.11. The number of amides is 1. The first-order valence-electron chi connectivity index (χ1n) is 5.64. The lowest BCUT2D eigenvalue weighted by molar-refractivity contribution is 0.0924. The van der Waals surface area contributed by atoms with E-state index < -0.39 is 5.91 Å². The number of aliphatic hydroxyl groups is 1. The summed E-state index contributed by atoms with van der Waals surface area (Å²) in [4.78, 5) is 23.4. The highest BCUT2D eigenvalue weighted by molar-refractivity contribution is 5.93. The fraction of sp³-hybridized carbons (Fsp3) is 0.231. The summed E-state index contributed by atoms with van der Waals surface area (Å²) in [5.74, 6) is -0.469. The third kappa shape index (κ3) is 2.57. The monoisotopic (exact) mass is 247 g/mol. The highest BCUT2D eigenvalue weighted by Gasteiger charge is 2.11. The maximum Gasteiger partial charge on any atom is 0.287 e. The predicted octanol–water partition coefficient (Wildman–Crippen LogP) is 0.905. The molecule has 0 bridgehead atoms. The van der Waals surface area contributed by atoms with E-state index in [4.69, 9.17) is 9.52 Å². The van der Waals surface area contributed by atoms with Crippen molar-refractivity contribution in [3.05, 3.63) is 46.3 Å². The Morgan fingerprint density at radius 1 is 1.33 bits per heavy atom. The maximum absolute atomic E-state index is 11.8. The van der Waals surface area contributed by atoms with Gasteiger partial charge in [-0.1, -0.05) is 12.1 Å². The van der Waals surface area contributed by atoms with Gasteiger partial charge in [0.1, 0.15) is 5.58 Å². The van der Waals surface area contributed by atoms with Gasteiger partial charge in [0.15, 0.2) is 11.2 Å². The van der Waals surface area contributed by atoms with Crippen LogP contribution in [0.4, 0.5) is 0 Å². The summed E-state index contributed by atoms with van der Waals surface area (Å²) in [6, 6.07) is 7.94. The number of carbonyl (C=O) groups is 1. The molecule has 2 N–H and O–H groups in total. The van der Waals surface area contributed by atoms with Crippen molar-refractivity contribution < 1.29 is 14.3 Å². The summed E-state index contributed by atoms with van der Waals surface area (Å²) in [6.45, 7) is 0.341. The molecule has 0 fully saturated rings. The van der Waals surface area contributed by atoms with Crippen molar-refractivity contribution in [2.75, 3.05) is 13.2 Å². The van der Waals surface area contributed by atoms with Gasteiger partial charge in [0.05, 0.1) is 5.39 Å². The van der Waals surface area contributed by atoms with E-state index in [1.807, 2.05) is 0 Å². The van der Waals surface area contributed by atoms with Crippen LogP contribution in [-0.4, -0.2) is 24.2 Å². The molecule has 94 valence electrons. The molecule has 0 atom stereocenters. The standard InChI is InChI=1S/C13H13NO4/c15-7-3-6-14-13(17)12-8-10(16)9-4-1-2-5-11(9)18-12/h1-2,4-5,8,15H,3,6-7H2,(H,14,17). The second-order valence-electron chi connectivity index (χ2n) is 3.80.